The van der Waals surface area contributed by atoms with Crippen LogP contribution in [0.25, 0.3) is 5.69 Å². The number of nitrogens with zero attached hydrogens (tertiary/aromatic N) is 2. The molecule has 0 aliphatic rings. The van der Waals surface area contributed by atoms with Gasteiger partial charge in [-0.05, 0) is 62.2 Å². The molecule has 0 bridgehead atoms. The van der Waals surface area contributed by atoms with Gasteiger partial charge in [0.25, 0.3) is 0 Å². The molecule has 2 amide bonds. The summed E-state index contributed by atoms with van der Waals surface area (Å²) in [5.41, 5.74) is 8.40. The van der Waals surface area contributed by atoms with E-state index >= 15 is 0 Å². The normalized spacial score (nSPS) is 11.0. The number of amides is 2. The Bertz CT molecular complexity index is 1010. The van der Waals surface area contributed by atoms with Crippen LogP contribution in [0.15, 0.2) is 59.7 Å². The Kier molecular flexibility index (Phi) is 5.89. The second-order valence-corrected chi connectivity index (χ2v) is 6.48. The summed E-state index contributed by atoms with van der Waals surface area (Å²) >= 11 is 0. The van der Waals surface area contributed by atoms with Gasteiger partial charge in [0.15, 0.2) is 0 Å². The minimum absolute atomic E-state index is 0.357. The molecule has 0 atom stereocenters. The van der Waals surface area contributed by atoms with Crippen molar-refractivity contribution in [1.82, 2.24) is 9.99 Å². The van der Waals surface area contributed by atoms with Crippen LogP contribution in [0.5, 0.6) is 0 Å². The van der Waals surface area contributed by atoms with Gasteiger partial charge in [0.05, 0.1) is 6.21 Å². The van der Waals surface area contributed by atoms with E-state index in [4.69, 9.17) is 0 Å². The van der Waals surface area contributed by atoms with Gasteiger partial charge >= 0.3 is 6.03 Å². The van der Waals surface area contributed by atoms with E-state index in [1.807, 2.05) is 32.0 Å². The molecule has 0 saturated carbocycles. The number of benzene rings is 2. The molecule has 0 aliphatic heterocycles. The lowest BCUT2D eigenvalue weighted by Crippen LogP contribution is -2.24. The quantitative estimate of drug-likeness (QED) is 0.479. The summed E-state index contributed by atoms with van der Waals surface area (Å²) < 4.78 is 15.1. The van der Waals surface area contributed by atoms with Gasteiger partial charge in [-0.3, -0.25) is 0 Å². The summed E-state index contributed by atoms with van der Waals surface area (Å²) in [6, 6.07) is 15.4. The molecule has 2 aromatic carbocycles. The zero-order valence-electron chi connectivity index (χ0n) is 16.2. The van der Waals surface area contributed by atoms with Crippen LogP contribution in [-0.4, -0.2) is 16.8 Å². The number of aryl methyl sites for hydroxylation is 2. The molecule has 5 nitrogen and oxygen atoms in total. The Morgan fingerprint density at radius 2 is 1.86 bits per heavy atom. The van der Waals surface area contributed by atoms with Crippen molar-refractivity contribution in [2.75, 3.05) is 5.32 Å². The highest BCUT2D eigenvalue weighted by Crippen LogP contribution is 2.23. The number of urea groups is 1. The molecule has 0 saturated heterocycles. The van der Waals surface area contributed by atoms with E-state index in [0.717, 1.165) is 29.1 Å². The zero-order valence-corrected chi connectivity index (χ0v) is 16.2. The van der Waals surface area contributed by atoms with E-state index in [1.54, 1.807) is 6.21 Å². The summed E-state index contributed by atoms with van der Waals surface area (Å²) in [7, 11) is 0. The average Bonchev–Trinajstić information content (AvgIpc) is 2.97. The number of para-hydroxylation sites is 1. The molecule has 6 heteroatoms. The first kappa shape index (κ1) is 19.4. The summed E-state index contributed by atoms with van der Waals surface area (Å²) in [6.07, 6.45) is 2.57. The SMILES string of the molecule is CCc1ccccc1-n1c(C)cc(/C=N\NC(=O)Nc2ccc(F)cc2)c1C. The highest BCUT2D eigenvalue weighted by Gasteiger charge is 2.11. The number of aromatic nitrogens is 1. The highest BCUT2D eigenvalue weighted by atomic mass is 19.1. The van der Waals surface area contributed by atoms with Crippen molar-refractivity contribution in [2.24, 2.45) is 5.10 Å². The highest BCUT2D eigenvalue weighted by molar-refractivity contribution is 5.90. The molecule has 0 fully saturated rings. The fourth-order valence-electron chi connectivity index (χ4n) is 3.17. The fraction of sp³-hybridized carbons (Fsp3) is 0.182. The summed E-state index contributed by atoms with van der Waals surface area (Å²) in [6.45, 7) is 6.21. The largest absolute Gasteiger partial charge is 0.339 e. The van der Waals surface area contributed by atoms with Crippen LogP contribution < -0.4 is 10.7 Å². The first-order valence-corrected chi connectivity index (χ1v) is 9.12. The van der Waals surface area contributed by atoms with E-state index in [-0.39, 0.29) is 5.82 Å². The van der Waals surface area contributed by atoms with Gasteiger partial charge in [0.2, 0.25) is 0 Å². The predicted molar refractivity (Wildman–Crippen MR) is 111 cm³/mol. The Morgan fingerprint density at radius 1 is 1.14 bits per heavy atom. The number of halogens is 1. The third-order valence-electron chi connectivity index (χ3n) is 4.56. The van der Waals surface area contributed by atoms with E-state index in [1.165, 1.54) is 29.8 Å². The molecule has 3 aromatic rings. The number of rotatable bonds is 5. The number of anilines is 1. The van der Waals surface area contributed by atoms with Gasteiger partial charge in [-0.15, -0.1) is 0 Å². The first-order chi connectivity index (χ1) is 13.5. The van der Waals surface area contributed by atoms with Crippen LogP contribution in [-0.2, 0) is 6.42 Å². The predicted octanol–water partition coefficient (Wildman–Crippen LogP) is 4.95. The number of hydrazone groups is 1. The zero-order chi connectivity index (χ0) is 20.1. The van der Waals surface area contributed by atoms with Crippen LogP contribution in [0.3, 0.4) is 0 Å². The van der Waals surface area contributed by atoms with Crippen LogP contribution >= 0.6 is 0 Å². The monoisotopic (exact) mass is 378 g/mol. The third-order valence-corrected chi connectivity index (χ3v) is 4.56. The molecule has 28 heavy (non-hydrogen) atoms. The molecule has 0 unspecified atom stereocenters. The lowest BCUT2D eigenvalue weighted by molar-refractivity contribution is 0.252. The molecule has 0 radical (unpaired) electrons. The number of hydrogen-bond acceptors (Lipinski definition) is 2. The second-order valence-electron chi connectivity index (χ2n) is 6.48. The molecule has 1 heterocycles. The summed E-state index contributed by atoms with van der Waals surface area (Å²) in [4.78, 5) is 11.9. The van der Waals surface area contributed by atoms with E-state index in [9.17, 15) is 9.18 Å². The number of hydrogen-bond donors (Lipinski definition) is 2. The summed E-state index contributed by atoms with van der Waals surface area (Å²) in [5, 5.41) is 6.62. The molecular formula is C22H23FN4O. The van der Waals surface area contributed by atoms with Gasteiger partial charge in [0, 0.05) is 28.3 Å². The van der Waals surface area contributed by atoms with Gasteiger partial charge in [-0.25, -0.2) is 14.6 Å². The van der Waals surface area contributed by atoms with Crippen molar-refractivity contribution in [3.8, 4) is 5.69 Å². The average molecular weight is 378 g/mol. The topological polar surface area (TPSA) is 58.4 Å². The third kappa shape index (κ3) is 4.28. The van der Waals surface area contributed by atoms with Gasteiger partial charge in [-0.2, -0.15) is 5.10 Å². The molecule has 144 valence electrons. The second kappa shape index (κ2) is 8.52. The lowest BCUT2D eigenvalue weighted by Gasteiger charge is -2.13. The standard InChI is InChI=1S/C22H23FN4O/c1-4-17-7-5-6-8-21(17)27-15(2)13-18(16(27)3)14-24-26-22(28)25-20-11-9-19(23)10-12-20/h5-14H,4H2,1-3H3,(H2,25,26,28)/b24-14-. The van der Waals surface area contributed by atoms with Crippen LogP contribution in [0.4, 0.5) is 14.9 Å². The fourth-order valence-corrected chi connectivity index (χ4v) is 3.17. The molecular weight excluding hydrogens is 355 g/mol. The van der Waals surface area contributed by atoms with E-state index in [2.05, 4.69) is 39.5 Å². The molecule has 2 N–H and O–H groups in total. The smallest absolute Gasteiger partial charge is 0.318 e. The van der Waals surface area contributed by atoms with Gasteiger partial charge in [-0.1, -0.05) is 25.1 Å². The molecule has 3 rings (SSSR count). The van der Waals surface area contributed by atoms with Crippen molar-refractivity contribution in [3.63, 3.8) is 0 Å². The van der Waals surface area contributed by atoms with Gasteiger partial charge in [0.1, 0.15) is 5.82 Å². The van der Waals surface area contributed by atoms with Crippen molar-refractivity contribution in [3.05, 3.63) is 82.9 Å². The molecule has 0 aliphatic carbocycles. The Morgan fingerprint density at radius 3 is 2.57 bits per heavy atom. The van der Waals surface area contributed by atoms with E-state index in [0.29, 0.717) is 5.69 Å². The first-order valence-electron chi connectivity index (χ1n) is 9.12. The Labute approximate surface area is 163 Å². The number of nitrogens with one attached hydrogen (secondary N) is 2. The van der Waals surface area contributed by atoms with Crippen molar-refractivity contribution >= 4 is 17.9 Å². The number of carbonyl (C=O) groups excluding carboxylic acids is 1. The Hall–Kier alpha value is -3.41. The van der Waals surface area contributed by atoms with Crippen molar-refractivity contribution < 1.29 is 9.18 Å². The maximum absolute atomic E-state index is 12.9. The molecule has 1 aromatic heterocycles. The van der Waals surface area contributed by atoms with Crippen LogP contribution in [0.1, 0.15) is 29.4 Å². The maximum Gasteiger partial charge on any atom is 0.339 e. The molecule has 0 spiro atoms. The van der Waals surface area contributed by atoms with Crippen LogP contribution in [0, 0.1) is 19.7 Å². The maximum atomic E-state index is 12.9. The minimum Gasteiger partial charge on any atom is -0.318 e. The lowest BCUT2D eigenvalue weighted by atomic mass is 10.1. The van der Waals surface area contributed by atoms with Crippen molar-refractivity contribution in [2.45, 2.75) is 27.2 Å². The number of carbonyl (C=O) groups is 1. The minimum atomic E-state index is -0.493. The van der Waals surface area contributed by atoms with E-state index < -0.39 is 6.03 Å². The summed E-state index contributed by atoms with van der Waals surface area (Å²) in [5.74, 6) is -0.357. The van der Waals surface area contributed by atoms with Gasteiger partial charge < -0.3 is 9.88 Å². The van der Waals surface area contributed by atoms with Crippen LogP contribution in [0.2, 0.25) is 0 Å². The Balaban J connectivity index is 1.73. The van der Waals surface area contributed by atoms with Crippen molar-refractivity contribution in [1.29, 1.82) is 0 Å².